The predicted molar refractivity (Wildman–Crippen MR) is 89.2 cm³/mol. The van der Waals surface area contributed by atoms with Crippen molar-refractivity contribution >= 4 is 17.3 Å². The van der Waals surface area contributed by atoms with Crippen molar-refractivity contribution in [2.75, 3.05) is 10.6 Å². The van der Waals surface area contributed by atoms with E-state index in [-0.39, 0.29) is 11.7 Å². The molecule has 0 radical (unpaired) electrons. The Hall–Kier alpha value is -3.23. The van der Waals surface area contributed by atoms with Gasteiger partial charge in [0.05, 0.1) is 18.1 Å². The summed E-state index contributed by atoms with van der Waals surface area (Å²) in [4.78, 5) is 8.06. The third-order valence-corrected chi connectivity index (χ3v) is 3.59. The number of aromatic nitrogens is 4. The minimum absolute atomic E-state index is 0.254. The molecule has 8 heteroatoms. The van der Waals surface area contributed by atoms with Gasteiger partial charge in [0.1, 0.15) is 11.9 Å². The van der Waals surface area contributed by atoms with Gasteiger partial charge in [0.2, 0.25) is 0 Å². The van der Waals surface area contributed by atoms with E-state index in [0.29, 0.717) is 23.4 Å². The summed E-state index contributed by atoms with van der Waals surface area (Å²) in [6.07, 6.45) is 4.70. The highest BCUT2D eigenvalue weighted by molar-refractivity contribution is 5.63. The maximum atomic E-state index is 8.74. The normalized spacial score (nSPS) is 18.5. The fourth-order valence-corrected chi connectivity index (χ4v) is 2.35. The highest BCUT2D eigenvalue weighted by Gasteiger charge is 2.26. The molecule has 0 unspecified atom stereocenters. The van der Waals surface area contributed by atoms with Crippen molar-refractivity contribution in [2.24, 2.45) is 5.73 Å². The fourth-order valence-electron chi connectivity index (χ4n) is 2.35. The summed E-state index contributed by atoms with van der Waals surface area (Å²) in [7, 11) is 0. The molecule has 8 nitrogen and oxygen atoms in total. The molecule has 0 amide bonds. The maximum absolute atomic E-state index is 8.74. The van der Waals surface area contributed by atoms with Crippen molar-refractivity contribution < 1.29 is 0 Å². The number of rotatable bonds is 4. The van der Waals surface area contributed by atoms with E-state index < -0.39 is 0 Å². The molecule has 1 aliphatic carbocycles. The monoisotopic (exact) mass is 320 g/mol. The second kappa shape index (κ2) is 6.90. The fraction of sp³-hybridized carbons (Fsp3) is 0.312. The maximum Gasteiger partial charge on any atom is 0.159 e. The second-order valence-corrected chi connectivity index (χ2v) is 5.46. The van der Waals surface area contributed by atoms with Crippen molar-refractivity contribution in [3.63, 3.8) is 0 Å². The number of nitriles is 1. The van der Waals surface area contributed by atoms with Crippen molar-refractivity contribution in [2.45, 2.75) is 31.8 Å². The zero-order valence-electron chi connectivity index (χ0n) is 13.1. The van der Waals surface area contributed by atoms with Gasteiger partial charge in [-0.15, -0.1) is 10.2 Å². The molecule has 0 spiro atoms. The van der Waals surface area contributed by atoms with Crippen LogP contribution in [0.4, 0.5) is 17.3 Å². The summed E-state index contributed by atoms with van der Waals surface area (Å²) >= 11 is 0. The predicted octanol–water partition coefficient (Wildman–Crippen LogP) is 1.15. The smallest absolute Gasteiger partial charge is 0.159 e. The largest absolute Gasteiger partial charge is 0.380 e. The molecule has 24 heavy (non-hydrogen) atoms. The van der Waals surface area contributed by atoms with E-state index >= 15 is 0 Å². The van der Waals surface area contributed by atoms with Gasteiger partial charge in [0, 0.05) is 18.2 Å². The summed E-state index contributed by atoms with van der Waals surface area (Å²) in [5, 5.41) is 23.4. The van der Waals surface area contributed by atoms with Crippen molar-refractivity contribution in [3.8, 4) is 17.9 Å². The van der Waals surface area contributed by atoms with E-state index in [4.69, 9.17) is 11.0 Å². The molecule has 1 saturated carbocycles. The first-order valence-corrected chi connectivity index (χ1v) is 7.49. The van der Waals surface area contributed by atoms with Crippen molar-refractivity contribution in [1.82, 2.24) is 20.2 Å². The third-order valence-electron chi connectivity index (χ3n) is 3.59. The highest BCUT2D eigenvalue weighted by atomic mass is 15.2. The molecule has 0 atom stereocenters. The Labute approximate surface area is 139 Å². The Kier molecular flexibility index (Phi) is 4.50. The Bertz CT molecular complexity index is 822. The standard InChI is InChI=1S/C16H16N8/c1-2-3-13-14(21-11-4-10(18)5-11)6-15(24-23-13)22-16-9-19-12(7-17)8-20-16/h6,8-11H,4-5,18H2,1H3,(H2,20,21,22,24). The van der Waals surface area contributed by atoms with Crippen LogP contribution in [0.2, 0.25) is 0 Å². The summed E-state index contributed by atoms with van der Waals surface area (Å²) in [5.74, 6) is 6.77. The van der Waals surface area contributed by atoms with Gasteiger partial charge in [0.25, 0.3) is 0 Å². The summed E-state index contributed by atoms with van der Waals surface area (Å²) < 4.78 is 0. The minimum atomic E-state index is 0.254. The van der Waals surface area contributed by atoms with Crippen LogP contribution in [0.1, 0.15) is 31.2 Å². The van der Waals surface area contributed by atoms with Gasteiger partial charge >= 0.3 is 0 Å². The van der Waals surface area contributed by atoms with E-state index in [1.165, 1.54) is 12.4 Å². The minimum Gasteiger partial charge on any atom is -0.380 e. The molecule has 0 aliphatic heterocycles. The van der Waals surface area contributed by atoms with Crippen LogP contribution in [0, 0.1) is 23.2 Å². The van der Waals surface area contributed by atoms with Crippen LogP contribution in [0.5, 0.6) is 0 Å². The first-order valence-electron chi connectivity index (χ1n) is 7.49. The van der Waals surface area contributed by atoms with E-state index in [0.717, 1.165) is 18.5 Å². The van der Waals surface area contributed by atoms with Gasteiger partial charge < -0.3 is 16.4 Å². The number of hydrogen-bond donors (Lipinski definition) is 3. The third kappa shape index (κ3) is 3.57. The van der Waals surface area contributed by atoms with Crippen molar-refractivity contribution in [3.05, 3.63) is 29.8 Å². The molecule has 2 aromatic heterocycles. The Morgan fingerprint density at radius 2 is 2.04 bits per heavy atom. The molecule has 1 aliphatic rings. The van der Waals surface area contributed by atoms with Crippen LogP contribution >= 0.6 is 0 Å². The van der Waals surface area contributed by atoms with Gasteiger partial charge in [-0.2, -0.15) is 5.26 Å². The van der Waals surface area contributed by atoms with Gasteiger partial charge in [-0.25, -0.2) is 9.97 Å². The van der Waals surface area contributed by atoms with Gasteiger partial charge in [0.15, 0.2) is 17.2 Å². The van der Waals surface area contributed by atoms with Gasteiger partial charge in [-0.3, -0.25) is 0 Å². The van der Waals surface area contributed by atoms with Crippen LogP contribution in [0.15, 0.2) is 18.5 Å². The SMILES string of the molecule is CC#Cc1nnc(Nc2cnc(C#N)cn2)cc1NC1CC(N)C1. The zero-order valence-corrected chi connectivity index (χ0v) is 13.1. The molecule has 1 fully saturated rings. The van der Waals surface area contributed by atoms with Crippen LogP contribution in [-0.4, -0.2) is 32.2 Å². The zero-order chi connectivity index (χ0) is 16.9. The van der Waals surface area contributed by atoms with Crippen LogP contribution in [-0.2, 0) is 0 Å². The van der Waals surface area contributed by atoms with E-state index in [2.05, 4.69) is 42.6 Å². The Balaban J connectivity index is 1.79. The lowest BCUT2D eigenvalue weighted by Crippen LogP contribution is -2.44. The van der Waals surface area contributed by atoms with Crippen molar-refractivity contribution in [1.29, 1.82) is 5.26 Å². The Morgan fingerprint density at radius 1 is 1.21 bits per heavy atom. The van der Waals surface area contributed by atoms with E-state index in [1.807, 2.05) is 12.1 Å². The lowest BCUT2D eigenvalue weighted by molar-refractivity contribution is 0.373. The highest BCUT2D eigenvalue weighted by Crippen LogP contribution is 2.25. The number of nitrogens with zero attached hydrogens (tertiary/aromatic N) is 5. The molecule has 2 heterocycles. The topological polar surface area (TPSA) is 125 Å². The number of nitrogens with one attached hydrogen (secondary N) is 2. The molecule has 2 aromatic rings. The molecule has 0 aromatic carbocycles. The molecular weight excluding hydrogens is 304 g/mol. The molecule has 4 N–H and O–H groups in total. The first kappa shape index (κ1) is 15.7. The Morgan fingerprint density at radius 3 is 2.67 bits per heavy atom. The first-order chi connectivity index (χ1) is 11.7. The number of anilines is 3. The number of hydrogen-bond acceptors (Lipinski definition) is 8. The molecule has 3 rings (SSSR count). The molecule has 0 bridgehead atoms. The lowest BCUT2D eigenvalue weighted by atomic mass is 9.87. The number of nitrogens with two attached hydrogens (primary N) is 1. The molecule has 0 saturated heterocycles. The van der Waals surface area contributed by atoms with Crippen LogP contribution in [0.25, 0.3) is 0 Å². The summed E-state index contributed by atoms with van der Waals surface area (Å²) in [6, 6.07) is 4.33. The van der Waals surface area contributed by atoms with Gasteiger partial charge in [-0.05, 0) is 25.7 Å². The average molecular weight is 320 g/mol. The average Bonchev–Trinajstić information content (AvgIpc) is 2.56. The summed E-state index contributed by atoms with van der Waals surface area (Å²) in [5.41, 5.74) is 7.48. The second-order valence-electron chi connectivity index (χ2n) is 5.46. The quantitative estimate of drug-likeness (QED) is 0.716. The van der Waals surface area contributed by atoms with E-state index in [1.54, 1.807) is 6.92 Å². The molecule has 120 valence electrons. The van der Waals surface area contributed by atoms with Crippen LogP contribution < -0.4 is 16.4 Å². The summed E-state index contributed by atoms with van der Waals surface area (Å²) in [6.45, 7) is 1.75. The lowest BCUT2D eigenvalue weighted by Gasteiger charge is -2.33. The van der Waals surface area contributed by atoms with Crippen LogP contribution in [0.3, 0.4) is 0 Å². The van der Waals surface area contributed by atoms with Gasteiger partial charge in [-0.1, -0.05) is 5.92 Å². The van der Waals surface area contributed by atoms with E-state index in [9.17, 15) is 0 Å². The molecular formula is C16H16N8.